The highest BCUT2D eigenvalue weighted by Crippen LogP contribution is 2.27. The highest BCUT2D eigenvalue weighted by Gasteiger charge is 2.20. The van der Waals surface area contributed by atoms with Crippen molar-refractivity contribution in [2.75, 3.05) is 7.05 Å². The number of carbonyl (C=O) groups excluding carboxylic acids is 1. The molecule has 0 heterocycles. The van der Waals surface area contributed by atoms with Crippen molar-refractivity contribution in [1.82, 2.24) is 0 Å². The number of nitrogens with zero attached hydrogens (tertiary/aromatic N) is 1. The number of rotatable bonds is 11. The van der Waals surface area contributed by atoms with Gasteiger partial charge in [-0.3, -0.25) is 9.79 Å². The lowest BCUT2D eigenvalue weighted by Gasteiger charge is -2.21. The van der Waals surface area contributed by atoms with Gasteiger partial charge in [-0.15, -0.1) is 0 Å². The minimum atomic E-state index is 0. The van der Waals surface area contributed by atoms with Gasteiger partial charge in [-0.25, -0.2) is 0 Å². The zero-order chi connectivity index (χ0) is 18.7. The van der Waals surface area contributed by atoms with Gasteiger partial charge in [-0.2, -0.15) is 0 Å². The lowest BCUT2D eigenvalue weighted by molar-refractivity contribution is -0.119. The summed E-state index contributed by atoms with van der Waals surface area (Å²) in [6.07, 6.45) is 7.88. The Morgan fingerprint density at radius 3 is 2.32 bits per heavy atom. The minimum absolute atomic E-state index is 0. The van der Waals surface area contributed by atoms with Crippen LogP contribution in [-0.2, 0) is 4.79 Å². The van der Waals surface area contributed by atoms with Crippen LogP contribution in [0.3, 0.4) is 0 Å². The molecule has 0 bridgehead atoms. The molecule has 0 aliphatic carbocycles. The Bertz CT molecular complexity index is 531. The third-order valence-electron chi connectivity index (χ3n) is 4.79. The van der Waals surface area contributed by atoms with Crippen LogP contribution in [0.15, 0.2) is 35.3 Å². The van der Waals surface area contributed by atoms with Crippen LogP contribution in [0.5, 0.6) is 0 Å². The maximum Gasteiger partial charge on any atom is 0.132 e. The smallest absolute Gasteiger partial charge is 0.132 e. The number of aliphatic imine (C=N–C) groups is 1. The van der Waals surface area contributed by atoms with Crippen molar-refractivity contribution in [2.45, 2.75) is 85.0 Å². The van der Waals surface area contributed by atoms with E-state index in [4.69, 9.17) is 0 Å². The Hall–Kier alpha value is -1.44. The molecule has 1 aromatic rings. The molecule has 0 aliphatic rings. The molecule has 0 radical (unpaired) electrons. The van der Waals surface area contributed by atoms with E-state index in [0.29, 0.717) is 18.6 Å². The van der Waals surface area contributed by atoms with Crippen molar-refractivity contribution in [1.29, 1.82) is 0 Å². The topological polar surface area (TPSA) is 29.4 Å². The molecular formula is C23H39NO. The van der Waals surface area contributed by atoms with Crippen LogP contribution >= 0.6 is 0 Å². The van der Waals surface area contributed by atoms with Crippen LogP contribution in [0.1, 0.15) is 92.0 Å². The van der Waals surface area contributed by atoms with E-state index < -0.39 is 0 Å². The largest absolute Gasteiger partial charge is 0.300 e. The highest BCUT2D eigenvalue weighted by molar-refractivity contribution is 5.91. The summed E-state index contributed by atoms with van der Waals surface area (Å²) in [7, 11) is 1.90. The van der Waals surface area contributed by atoms with Gasteiger partial charge in [-0.1, -0.05) is 70.9 Å². The minimum Gasteiger partial charge on any atom is -0.300 e. The van der Waals surface area contributed by atoms with Crippen LogP contribution in [0, 0.1) is 5.41 Å². The predicted molar refractivity (Wildman–Crippen MR) is 112 cm³/mol. The number of carbonyl (C=O) groups is 1. The number of benzene rings is 1. The average Bonchev–Trinajstić information content (AvgIpc) is 2.59. The molecule has 2 nitrogen and oxygen atoms in total. The number of hydrogen-bond donors (Lipinski definition) is 0. The maximum absolute atomic E-state index is 12.4. The molecule has 0 aromatic heterocycles. The average molecular weight is 346 g/mol. The van der Waals surface area contributed by atoms with Gasteiger partial charge in [0.15, 0.2) is 0 Å². The van der Waals surface area contributed by atoms with E-state index in [1.54, 1.807) is 0 Å². The molecule has 142 valence electrons. The Morgan fingerprint density at radius 1 is 1.08 bits per heavy atom. The Morgan fingerprint density at radius 2 is 1.76 bits per heavy atom. The van der Waals surface area contributed by atoms with Gasteiger partial charge in [0, 0.05) is 32.9 Å². The van der Waals surface area contributed by atoms with Gasteiger partial charge in [0.25, 0.3) is 0 Å². The van der Waals surface area contributed by atoms with Gasteiger partial charge in [-0.05, 0) is 36.7 Å². The summed E-state index contributed by atoms with van der Waals surface area (Å²) in [5.74, 6) is 0.668. The summed E-state index contributed by atoms with van der Waals surface area (Å²) in [4.78, 5) is 17.0. The highest BCUT2D eigenvalue weighted by atomic mass is 16.1. The standard InChI is InChI=1S/C23H37NO.H2/c1-6-7-9-14-22(24-5)21(19-12-10-8-11-13-19)16-15-20(25)17-18-23(2,3)4;/h8,10-13,21H,6-7,9,14-18H2,1-5H3;1H. The van der Waals surface area contributed by atoms with Gasteiger partial charge in [0.2, 0.25) is 0 Å². The predicted octanol–water partition coefficient (Wildman–Crippen LogP) is 6.84. The fourth-order valence-corrected chi connectivity index (χ4v) is 3.15. The van der Waals surface area contributed by atoms with E-state index in [9.17, 15) is 4.79 Å². The van der Waals surface area contributed by atoms with Crippen LogP contribution in [0.4, 0.5) is 0 Å². The summed E-state index contributed by atoms with van der Waals surface area (Å²) in [5, 5.41) is 0. The van der Waals surface area contributed by atoms with Crippen LogP contribution in [0.2, 0.25) is 0 Å². The van der Waals surface area contributed by atoms with E-state index in [2.05, 4.69) is 63.0 Å². The van der Waals surface area contributed by atoms with Gasteiger partial charge < -0.3 is 0 Å². The number of hydrogen-bond acceptors (Lipinski definition) is 2. The van der Waals surface area contributed by atoms with E-state index in [0.717, 1.165) is 19.3 Å². The summed E-state index contributed by atoms with van der Waals surface area (Å²) in [6, 6.07) is 10.6. The first-order valence-corrected chi connectivity index (χ1v) is 9.89. The zero-order valence-corrected chi connectivity index (χ0v) is 17.0. The SMILES string of the molecule is CCCCCC(=NC)C(CCC(=O)CCC(C)(C)C)c1ccccc1.[HH]. The van der Waals surface area contributed by atoms with Gasteiger partial charge in [0.1, 0.15) is 5.78 Å². The Kier molecular flexibility index (Phi) is 9.70. The van der Waals surface area contributed by atoms with Gasteiger partial charge in [0.05, 0.1) is 0 Å². The summed E-state index contributed by atoms with van der Waals surface area (Å²) in [6.45, 7) is 8.82. The fourth-order valence-electron chi connectivity index (χ4n) is 3.15. The second kappa shape index (κ2) is 11.2. The first kappa shape index (κ1) is 21.6. The summed E-state index contributed by atoms with van der Waals surface area (Å²) >= 11 is 0. The third-order valence-corrected chi connectivity index (χ3v) is 4.79. The number of unbranched alkanes of at least 4 members (excludes halogenated alkanes) is 2. The summed E-state index contributed by atoms with van der Waals surface area (Å²) in [5.41, 5.74) is 2.77. The van der Waals surface area contributed by atoms with E-state index in [1.165, 1.54) is 30.5 Å². The lowest BCUT2D eigenvalue weighted by atomic mass is 9.85. The molecule has 1 unspecified atom stereocenters. The van der Waals surface area contributed by atoms with Crippen molar-refractivity contribution in [3.8, 4) is 0 Å². The van der Waals surface area contributed by atoms with Crippen molar-refractivity contribution >= 4 is 11.5 Å². The molecule has 2 heteroatoms. The number of ketones is 1. The third kappa shape index (κ3) is 9.00. The van der Waals surface area contributed by atoms with Crippen molar-refractivity contribution in [3.05, 3.63) is 35.9 Å². The quantitative estimate of drug-likeness (QED) is 0.319. The molecule has 0 saturated heterocycles. The van der Waals surface area contributed by atoms with Crippen molar-refractivity contribution in [3.63, 3.8) is 0 Å². The first-order chi connectivity index (χ1) is 11.9. The normalized spacial score (nSPS) is 13.7. The monoisotopic (exact) mass is 345 g/mol. The molecule has 1 aromatic carbocycles. The lowest BCUT2D eigenvalue weighted by Crippen LogP contribution is -2.16. The van der Waals surface area contributed by atoms with Crippen LogP contribution in [-0.4, -0.2) is 18.5 Å². The van der Waals surface area contributed by atoms with Crippen LogP contribution < -0.4 is 0 Å². The Labute approximate surface area is 156 Å². The molecule has 1 rings (SSSR count). The molecule has 0 fully saturated rings. The molecule has 1 atom stereocenters. The second-order valence-corrected chi connectivity index (χ2v) is 8.27. The maximum atomic E-state index is 12.4. The van der Waals surface area contributed by atoms with Crippen molar-refractivity contribution < 1.29 is 6.22 Å². The fraction of sp³-hybridized carbons (Fsp3) is 0.652. The van der Waals surface area contributed by atoms with E-state index in [-0.39, 0.29) is 12.8 Å². The molecule has 0 spiro atoms. The zero-order valence-electron chi connectivity index (χ0n) is 17.0. The molecule has 0 saturated carbocycles. The summed E-state index contributed by atoms with van der Waals surface area (Å²) < 4.78 is 0. The van der Waals surface area contributed by atoms with Crippen molar-refractivity contribution in [2.24, 2.45) is 10.4 Å². The number of Topliss-reactive ketones (excluding diaryl/α,β-unsaturated/α-hetero) is 1. The van der Waals surface area contributed by atoms with E-state index in [1.807, 2.05) is 7.05 Å². The van der Waals surface area contributed by atoms with Crippen LogP contribution in [0.25, 0.3) is 0 Å². The van der Waals surface area contributed by atoms with E-state index >= 15 is 0 Å². The Balaban J connectivity index is 0.00000625. The molecule has 0 amide bonds. The van der Waals surface area contributed by atoms with Gasteiger partial charge >= 0.3 is 0 Å². The first-order valence-electron chi connectivity index (χ1n) is 9.89. The molecular weight excluding hydrogens is 306 g/mol. The molecule has 0 N–H and O–H groups in total. The molecule has 0 aliphatic heterocycles. The molecule has 25 heavy (non-hydrogen) atoms. The second-order valence-electron chi connectivity index (χ2n) is 8.27.